The van der Waals surface area contributed by atoms with Gasteiger partial charge in [-0.2, -0.15) is 0 Å². The van der Waals surface area contributed by atoms with Crippen molar-refractivity contribution >= 4 is 15.9 Å². The Kier molecular flexibility index (Phi) is 3.98. The molecule has 96 valence electrons. The summed E-state index contributed by atoms with van der Waals surface area (Å²) in [6, 6.07) is 4.76. The predicted octanol–water partition coefficient (Wildman–Crippen LogP) is 2.49. The first-order valence-electron chi connectivity index (χ1n) is 5.44. The standard InChI is InChI=1S/C12H13BrFN3O/c1-18-10-3-2-7(6-8(10)14)11-9(4-5-15)16-12(13)17-11/h2-3,6H,4-5,15H2,1H3,(H,16,17). The second-order valence-electron chi connectivity index (χ2n) is 3.74. The van der Waals surface area contributed by atoms with E-state index in [4.69, 9.17) is 10.5 Å². The number of aromatic nitrogens is 2. The van der Waals surface area contributed by atoms with Crippen LogP contribution in [0.15, 0.2) is 22.9 Å². The van der Waals surface area contributed by atoms with Crippen molar-refractivity contribution in [1.82, 2.24) is 9.97 Å². The first-order valence-corrected chi connectivity index (χ1v) is 6.23. The van der Waals surface area contributed by atoms with E-state index in [1.165, 1.54) is 13.2 Å². The number of benzene rings is 1. The molecule has 0 radical (unpaired) electrons. The third-order valence-electron chi connectivity index (χ3n) is 2.57. The Morgan fingerprint density at radius 2 is 2.28 bits per heavy atom. The van der Waals surface area contributed by atoms with E-state index in [0.29, 0.717) is 29.0 Å². The highest BCUT2D eigenvalue weighted by Crippen LogP contribution is 2.27. The molecule has 3 N–H and O–H groups in total. The molecule has 0 bridgehead atoms. The van der Waals surface area contributed by atoms with Crippen LogP contribution < -0.4 is 10.5 Å². The van der Waals surface area contributed by atoms with Crippen molar-refractivity contribution in [3.05, 3.63) is 34.4 Å². The average Bonchev–Trinajstić information content (AvgIpc) is 2.71. The van der Waals surface area contributed by atoms with Crippen LogP contribution in [0.25, 0.3) is 11.3 Å². The van der Waals surface area contributed by atoms with Crippen LogP contribution in [0.5, 0.6) is 5.75 Å². The normalized spacial score (nSPS) is 10.7. The quantitative estimate of drug-likeness (QED) is 0.911. The summed E-state index contributed by atoms with van der Waals surface area (Å²) in [6.45, 7) is 0.500. The van der Waals surface area contributed by atoms with E-state index in [-0.39, 0.29) is 5.75 Å². The Hall–Kier alpha value is -1.40. The minimum atomic E-state index is -0.409. The van der Waals surface area contributed by atoms with Crippen LogP contribution in [0.1, 0.15) is 5.69 Å². The zero-order chi connectivity index (χ0) is 13.1. The summed E-state index contributed by atoms with van der Waals surface area (Å²) < 4.78 is 19.2. The van der Waals surface area contributed by atoms with Gasteiger partial charge in [0.05, 0.1) is 12.8 Å². The number of hydrogen-bond acceptors (Lipinski definition) is 3. The van der Waals surface area contributed by atoms with E-state index in [0.717, 1.165) is 5.69 Å². The van der Waals surface area contributed by atoms with Crippen LogP contribution in [0.3, 0.4) is 0 Å². The third-order valence-corrected chi connectivity index (χ3v) is 2.94. The maximum atomic E-state index is 13.7. The Labute approximate surface area is 112 Å². The molecule has 0 saturated heterocycles. The van der Waals surface area contributed by atoms with E-state index >= 15 is 0 Å². The molecule has 1 aromatic heterocycles. The maximum absolute atomic E-state index is 13.7. The van der Waals surface area contributed by atoms with Crippen molar-refractivity contribution in [3.63, 3.8) is 0 Å². The maximum Gasteiger partial charge on any atom is 0.175 e. The van der Waals surface area contributed by atoms with Gasteiger partial charge in [0.2, 0.25) is 0 Å². The second kappa shape index (κ2) is 5.49. The molecule has 0 unspecified atom stereocenters. The van der Waals surface area contributed by atoms with Crippen molar-refractivity contribution in [2.45, 2.75) is 6.42 Å². The van der Waals surface area contributed by atoms with E-state index in [1.54, 1.807) is 12.1 Å². The molecule has 0 fully saturated rings. The smallest absolute Gasteiger partial charge is 0.175 e. The SMILES string of the molecule is COc1ccc(-c2nc(Br)[nH]c2CCN)cc1F. The minimum Gasteiger partial charge on any atom is -0.494 e. The van der Waals surface area contributed by atoms with Crippen LogP contribution in [-0.2, 0) is 6.42 Å². The Morgan fingerprint density at radius 3 is 2.89 bits per heavy atom. The topological polar surface area (TPSA) is 63.9 Å². The third kappa shape index (κ3) is 2.54. The van der Waals surface area contributed by atoms with Gasteiger partial charge in [0, 0.05) is 17.7 Å². The van der Waals surface area contributed by atoms with Gasteiger partial charge in [-0.25, -0.2) is 9.37 Å². The first kappa shape index (κ1) is 13.0. The number of imidazole rings is 1. The van der Waals surface area contributed by atoms with Crippen LogP contribution in [-0.4, -0.2) is 23.6 Å². The van der Waals surface area contributed by atoms with Gasteiger partial charge in [-0.15, -0.1) is 0 Å². The number of nitrogens with two attached hydrogens (primary N) is 1. The Balaban J connectivity index is 2.44. The number of ether oxygens (including phenoxy) is 1. The number of methoxy groups -OCH3 is 1. The predicted molar refractivity (Wildman–Crippen MR) is 71.0 cm³/mol. The number of rotatable bonds is 4. The van der Waals surface area contributed by atoms with E-state index in [9.17, 15) is 4.39 Å². The zero-order valence-electron chi connectivity index (χ0n) is 9.84. The molecular weight excluding hydrogens is 301 g/mol. The number of H-pyrrole nitrogens is 1. The molecule has 1 aromatic carbocycles. The highest BCUT2D eigenvalue weighted by Gasteiger charge is 2.13. The minimum absolute atomic E-state index is 0.216. The zero-order valence-corrected chi connectivity index (χ0v) is 11.4. The van der Waals surface area contributed by atoms with E-state index < -0.39 is 5.82 Å². The molecule has 1 heterocycles. The van der Waals surface area contributed by atoms with E-state index in [2.05, 4.69) is 25.9 Å². The van der Waals surface area contributed by atoms with Gasteiger partial charge in [-0.3, -0.25) is 0 Å². The summed E-state index contributed by atoms with van der Waals surface area (Å²) >= 11 is 3.27. The summed E-state index contributed by atoms with van der Waals surface area (Å²) in [4.78, 5) is 7.36. The molecule has 0 atom stereocenters. The van der Waals surface area contributed by atoms with Gasteiger partial charge in [-0.1, -0.05) is 0 Å². The van der Waals surface area contributed by atoms with Crippen LogP contribution >= 0.6 is 15.9 Å². The summed E-state index contributed by atoms with van der Waals surface area (Å²) in [6.07, 6.45) is 0.654. The number of halogens is 2. The lowest BCUT2D eigenvalue weighted by atomic mass is 10.1. The lowest BCUT2D eigenvalue weighted by Gasteiger charge is -2.05. The monoisotopic (exact) mass is 313 g/mol. The highest BCUT2D eigenvalue weighted by atomic mass is 79.9. The number of hydrogen-bond donors (Lipinski definition) is 2. The van der Waals surface area contributed by atoms with E-state index in [1.807, 2.05) is 0 Å². The largest absolute Gasteiger partial charge is 0.494 e. The van der Waals surface area contributed by atoms with Crippen LogP contribution in [0.4, 0.5) is 4.39 Å². The van der Waals surface area contributed by atoms with Gasteiger partial charge in [0.15, 0.2) is 16.3 Å². The van der Waals surface area contributed by atoms with Crippen molar-refractivity contribution < 1.29 is 9.13 Å². The molecule has 0 saturated carbocycles. The van der Waals surface area contributed by atoms with Gasteiger partial charge in [0.1, 0.15) is 0 Å². The highest BCUT2D eigenvalue weighted by molar-refractivity contribution is 9.10. The van der Waals surface area contributed by atoms with Gasteiger partial charge in [-0.05, 0) is 40.7 Å². The fourth-order valence-electron chi connectivity index (χ4n) is 1.75. The lowest BCUT2D eigenvalue weighted by molar-refractivity contribution is 0.386. The summed E-state index contributed by atoms with van der Waals surface area (Å²) in [5, 5.41) is 0. The van der Waals surface area contributed by atoms with Crippen molar-refractivity contribution in [2.24, 2.45) is 5.73 Å². The molecular formula is C12H13BrFN3O. The molecule has 0 aliphatic carbocycles. The number of nitrogens with one attached hydrogen (secondary N) is 1. The molecule has 4 nitrogen and oxygen atoms in total. The molecule has 2 rings (SSSR count). The molecule has 0 amide bonds. The molecule has 2 aromatic rings. The van der Waals surface area contributed by atoms with Gasteiger partial charge < -0.3 is 15.5 Å². The second-order valence-corrected chi connectivity index (χ2v) is 4.49. The molecule has 6 heteroatoms. The summed E-state index contributed by atoms with van der Waals surface area (Å²) in [7, 11) is 1.43. The average molecular weight is 314 g/mol. The molecule has 18 heavy (non-hydrogen) atoms. The van der Waals surface area contributed by atoms with Crippen molar-refractivity contribution in [1.29, 1.82) is 0 Å². The summed E-state index contributed by atoms with van der Waals surface area (Å²) in [5.74, 6) is -0.193. The first-order chi connectivity index (χ1) is 8.65. The van der Waals surface area contributed by atoms with Crippen LogP contribution in [0.2, 0.25) is 0 Å². The lowest BCUT2D eigenvalue weighted by Crippen LogP contribution is -2.04. The fraction of sp³-hybridized carbons (Fsp3) is 0.250. The summed E-state index contributed by atoms with van der Waals surface area (Å²) in [5.41, 5.74) is 7.81. The number of aromatic amines is 1. The Morgan fingerprint density at radius 1 is 1.50 bits per heavy atom. The van der Waals surface area contributed by atoms with Crippen molar-refractivity contribution in [3.8, 4) is 17.0 Å². The molecule has 0 aliphatic rings. The number of nitrogens with zero attached hydrogens (tertiary/aromatic N) is 1. The molecule has 0 aliphatic heterocycles. The van der Waals surface area contributed by atoms with Crippen LogP contribution in [0, 0.1) is 5.82 Å². The molecule has 0 spiro atoms. The fourth-order valence-corrected chi connectivity index (χ4v) is 2.17. The Bertz CT molecular complexity index is 556. The van der Waals surface area contributed by atoms with Gasteiger partial charge in [0.25, 0.3) is 0 Å². The van der Waals surface area contributed by atoms with Crippen molar-refractivity contribution in [2.75, 3.05) is 13.7 Å². The van der Waals surface area contributed by atoms with Gasteiger partial charge >= 0.3 is 0 Å².